The van der Waals surface area contributed by atoms with Crippen LogP contribution in [-0.2, 0) is 4.79 Å². The van der Waals surface area contributed by atoms with Crippen LogP contribution >= 0.6 is 0 Å². The molecule has 1 atom stereocenters. The predicted molar refractivity (Wildman–Crippen MR) is 75.1 cm³/mol. The number of rotatable bonds is 7. The summed E-state index contributed by atoms with van der Waals surface area (Å²) >= 11 is 0. The molecule has 0 unspecified atom stereocenters. The van der Waals surface area contributed by atoms with Gasteiger partial charge < -0.3 is 15.4 Å². The van der Waals surface area contributed by atoms with E-state index in [1.807, 2.05) is 31.2 Å². The zero-order valence-corrected chi connectivity index (χ0v) is 11.6. The van der Waals surface area contributed by atoms with Crippen molar-refractivity contribution in [1.82, 2.24) is 10.6 Å². The van der Waals surface area contributed by atoms with Crippen molar-refractivity contribution in [1.29, 1.82) is 0 Å². The number of methoxy groups -OCH3 is 1. The van der Waals surface area contributed by atoms with Crippen LogP contribution in [-0.4, -0.2) is 26.1 Å². The number of hydrogen-bond donors (Lipinski definition) is 2. The highest BCUT2D eigenvalue weighted by molar-refractivity contribution is 5.78. The van der Waals surface area contributed by atoms with Gasteiger partial charge in [-0.15, -0.1) is 0 Å². The maximum absolute atomic E-state index is 11.6. The number of amides is 1. The van der Waals surface area contributed by atoms with E-state index >= 15 is 0 Å². The smallest absolute Gasteiger partial charge is 0.233 e. The van der Waals surface area contributed by atoms with Crippen LogP contribution in [0, 0.1) is 5.92 Å². The summed E-state index contributed by atoms with van der Waals surface area (Å²) in [7, 11) is 1.66. The fourth-order valence-electron chi connectivity index (χ4n) is 1.92. The Kier molecular flexibility index (Phi) is 4.80. The van der Waals surface area contributed by atoms with Gasteiger partial charge in [-0.05, 0) is 43.4 Å². The molecule has 0 spiro atoms. The number of hydrogen-bond acceptors (Lipinski definition) is 3. The maximum atomic E-state index is 11.6. The molecule has 104 valence electrons. The fraction of sp³-hybridized carbons (Fsp3) is 0.533. The zero-order valence-electron chi connectivity index (χ0n) is 11.6. The van der Waals surface area contributed by atoms with Crippen molar-refractivity contribution in [3.63, 3.8) is 0 Å². The summed E-state index contributed by atoms with van der Waals surface area (Å²) in [4.78, 5) is 11.6. The molecule has 1 saturated carbocycles. The van der Waals surface area contributed by atoms with Crippen molar-refractivity contribution < 1.29 is 9.53 Å². The van der Waals surface area contributed by atoms with Gasteiger partial charge in [-0.3, -0.25) is 4.79 Å². The summed E-state index contributed by atoms with van der Waals surface area (Å²) in [6.45, 7) is 3.22. The van der Waals surface area contributed by atoms with Crippen LogP contribution < -0.4 is 15.4 Å². The topological polar surface area (TPSA) is 50.4 Å². The van der Waals surface area contributed by atoms with Gasteiger partial charge in [-0.1, -0.05) is 12.1 Å². The second-order valence-corrected chi connectivity index (χ2v) is 5.13. The Morgan fingerprint density at radius 2 is 2.26 bits per heavy atom. The Balaban J connectivity index is 1.75. The number of carbonyl (C=O) groups is 1. The van der Waals surface area contributed by atoms with Gasteiger partial charge in [0.15, 0.2) is 0 Å². The minimum absolute atomic E-state index is 0.0710. The third-order valence-electron chi connectivity index (χ3n) is 3.45. The van der Waals surface area contributed by atoms with E-state index in [0.29, 0.717) is 6.54 Å². The van der Waals surface area contributed by atoms with E-state index in [4.69, 9.17) is 4.74 Å². The van der Waals surface area contributed by atoms with E-state index in [2.05, 4.69) is 10.6 Å². The Hall–Kier alpha value is -1.55. The molecule has 0 saturated heterocycles. The molecule has 4 nitrogen and oxygen atoms in total. The number of benzene rings is 1. The second-order valence-electron chi connectivity index (χ2n) is 5.13. The van der Waals surface area contributed by atoms with Crippen molar-refractivity contribution in [3.05, 3.63) is 29.8 Å². The highest BCUT2D eigenvalue weighted by atomic mass is 16.5. The summed E-state index contributed by atoms with van der Waals surface area (Å²) in [5, 5.41) is 6.17. The van der Waals surface area contributed by atoms with E-state index in [-0.39, 0.29) is 11.9 Å². The van der Waals surface area contributed by atoms with Crippen LogP contribution in [0.3, 0.4) is 0 Å². The largest absolute Gasteiger partial charge is 0.497 e. The lowest BCUT2D eigenvalue weighted by Crippen LogP contribution is -2.36. The van der Waals surface area contributed by atoms with E-state index in [0.717, 1.165) is 23.8 Å². The van der Waals surface area contributed by atoms with E-state index < -0.39 is 0 Å². The van der Waals surface area contributed by atoms with Crippen molar-refractivity contribution in [2.75, 3.05) is 20.2 Å². The maximum Gasteiger partial charge on any atom is 0.233 e. The molecule has 4 heteroatoms. The van der Waals surface area contributed by atoms with E-state index in [1.165, 1.54) is 12.8 Å². The lowest BCUT2D eigenvalue weighted by Gasteiger charge is -2.15. The summed E-state index contributed by atoms with van der Waals surface area (Å²) in [5.74, 6) is 1.63. The van der Waals surface area contributed by atoms with Crippen LogP contribution in [0.2, 0.25) is 0 Å². The standard InChI is InChI=1S/C15H22N2O2/c1-11(13-4-3-5-14(8-13)19-2)16-10-15(18)17-9-12-6-7-12/h3-5,8,11-12,16H,6-7,9-10H2,1-2H3,(H,17,18)/t11-/m0/s1. The van der Waals surface area contributed by atoms with E-state index in [1.54, 1.807) is 7.11 Å². The molecule has 1 amide bonds. The Labute approximate surface area is 114 Å². The summed E-state index contributed by atoms with van der Waals surface area (Å²) in [6, 6.07) is 8.02. The zero-order chi connectivity index (χ0) is 13.7. The van der Waals surface area contributed by atoms with Gasteiger partial charge in [0, 0.05) is 12.6 Å². The summed E-state index contributed by atoms with van der Waals surface area (Å²) in [6.07, 6.45) is 2.52. The average Bonchev–Trinajstić information content (AvgIpc) is 3.26. The quantitative estimate of drug-likeness (QED) is 0.788. The molecule has 1 fully saturated rings. The minimum Gasteiger partial charge on any atom is -0.497 e. The summed E-state index contributed by atoms with van der Waals surface area (Å²) < 4.78 is 5.20. The Bertz CT molecular complexity index is 430. The minimum atomic E-state index is 0.0710. The normalized spacial score (nSPS) is 15.9. The van der Waals surface area contributed by atoms with Gasteiger partial charge >= 0.3 is 0 Å². The average molecular weight is 262 g/mol. The predicted octanol–water partition coefficient (Wildman–Crippen LogP) is 1.87. The molecule has 1 aromatic rings. The lowest BCUT2D eigenvalue weighted by atomic mass is 10.1. The summed E-state index contributed by atoms with van der Waals surface area (Å²) in [5.41, 5.74) is 1.12. The molecular weight excluding hydrogens is 240 g/mol. The number of carbonyl (C=O) groups excluding carboxylic acids is 1. The van der Waals surface area contributed by atoms with Crippen molar-refractivity contribution in [3.8, 4) is 5.75 Å². The first-order chi connectivity index (χ1) is 9.19. The van der Waals surface area contributed by atoms with Crippen LogP contribution in [0.1, 0.15) is 31.4 Å². The first-order valence-electron chi connectivity index (χ1n) is 6.83. The van der Waals surface area contributed by atoms with Crippen LogP contribution in [0.15, 0.2) is 24.3 Å². The lowest BCUT2D eigenvalue weighted by molar-refractivity contribution is -0.120. The molecule has 0 aliphatic heterocycles. The van der Waals surface area contributed by atoms with Crippen molar-refractivity contribution >= 4 is 5.91 Å². The molecule has 1 aliphatic carbocycles. The van der Waals surface area contributed by atoms with E-state index in [9.17, 15) is 4.79 Å². The van der Waals surface area contributed by atoms with Crippen LogP contribution in [0.4, 0.5) is 0 Å². The monoisotopic (exact) mass is 262 g/mol. The van der Waals surface area contributed by atoms with Gasteiger partial charge in [0.1, 0.15) is 5.75 Å². The molecule has 0 heterocycles. The Morgan fingerprint density at radius 3 is 2.95 bits per heavy atom. The van der Waals surface area contributed by atoms with Gasteiger partial charge in [0.05, 0.1) is 13.7 Å². The van der Waals surface area contributed by atoms with Gasteiger partial charge in [0.25, 0.3) is 0 Å². The van der Waals surface area contributed by atoms with Crippen LogP contribution in [0.25, 0.3) is 0 Å². The highest BCUT2D eigenvalue weighted by Crippen LogP contribution is 2.27. The second kappa shape index (κ2) is 6.57. The molecule has 1 aromatic carbocycles. The van der Waals surface area contributed by atoms with Crippen molar-refractivity contribution in [2.24, 2.45) is 5.92 Å². The molecule has 0 bridgehead atoms. The number of nitrogens with one attached hydrogen (secondary N) is 2. The van der Waals surface area contributed by atoms with Gasteiger partial charge in [-0.25, -0.2) is 0 Å². The SMILES string of the molecule is COc1cccc([C@H](C)NCC(=O)NCC2CC2)c1. The van der Waals surface area contributed by atoms with Gasteiger partial charge in [0.2, 0.25) is 5.91 Å². The Morgan fingerprint density at radius 1 is 1.47 bits per heavy atom. The first-order valence-corrected chi connectivity index (χ1v) is 6.83. The molecule has 19 heavy (non-hydrogen) atoms. The molecular formula is C15H22N2O2. The van der Waals surface area contributed by atoms with Gasteiger partial charge in [-0.2, -0.15) is 0 Å². The first kappa shape index (κ1) is 13.9. The molecule has 2 N–H and O–H groups in total. The molecule has 1 aliphatic rings. The fourth-order valence-corrected chi connectivity index (χ4v) is 1.92. The van der Waals surface area contributed by atoms with Crippen LogP contribution in [0.5, 0.6) is 5.75 Å². The molecule has 2 rings (SSSR count). The highest BCUT2D eigenvalue weighted by Gasteiger charge is 2.21. The molecule has 0 radical (unpaired) electrons. The third-order valence-corrected chi connectivity index (χ3v) is 3.45. The number of ether oxygens (including phenoxy) is 1. The third kappa shape index (κ3) is 4.56. The molecule has 0 aromatic heterocycles. The van der Waals surface area contributed by atoms with Crippen molar-refractivity contribution in [2.45, 2.75) is 25.8 Å².